The lowest BCUT2D eigenvalue weighted by Gasteiger charge is -2.27. The Kier molecular flexibility index (Phi) is 7.09. The van der Waals surface area contributed by atoms with Gasteiger partial charge in [-0.05, 0) is 32.4 Å². The maximum Gasteiger partial charge on any atom is 0.194 e. The molecule has 1 aliphatic heterocycles. The van der Waals surface area contributed by atoms with Crippen molar-refractivity contribution in [3.05, 3.63) is 17.5 Å². The van der Waals surface area contributed by atoms with Crippen molar-refractivity contribution in [2.45, 2.75) is 59.5 Å². The van der Waals surface area contributed by atoms with Crippen molar-refractivity contribution in [3.63, 3.8) is 0 Å². The third-order valence-corrected chi connectivity index (χ3v) is 4.68. The fraction of sp³-hybridized carbons (Fsp3) is 0.778. The first kappa shape index (κ1) is 18.8. The Hall–Kier alpha value is -1.56. The van der Waals surface area contributed by atoms with Gasteiger partial charge in [-0.15, -0.1) is 0 Å². The zero-order chi connectivity index (χ0) is 17.5. The van der Waals surface area contributed by atoms with Crippen LogP contribution in [0.5, 0.6) is 0 Å². The van der Waals surface area contributed by atoms with Crippen LogP contribution in [0.2, 0.25) is 0 Å². The van der Waals surface area contributed by atoms with Crippen LogP contribution in [0.25, 0.3) is 0 Å². The van der Waals surface area contributed by atoms with Gasteiger partial charge in [0.05, 0.1) is 5.69 Å². The zero-order valence-corrected chi connectivity index (χ0v) is 15.9. The van der Waals surface area contributed by atoms with Crippen LogP contribution in [0, 0.1) is 0 Å². The lowest BCUT2D eigenvalue weighted by Crippen LogP contribution is -2.43. The van der Waals surface area contributed by atoms with E-state index in [1.807, 2.05) is 6.07 Å². The van der Waals surface area contributed by atoms with Crippen LogP contribution in [0.3, 0.4) is 0 Å². The van der Waals surface area contributed by atoms with Gasteiger partial charge < -0.3 is 14.7 Å². The molecule has 0 aliphatic carbocycles. The van der Waals surface area contributed by atoms with Gasteiger partial charge in [0.1, 0.15) is 6.54 Å². The summed E-state index contributed by atoms with van der Waals surface area (Å²) < 4.78 is 5.40. The molecule has 6 heteroatoms. The first-order valence-electron chi connectivity index (χ1n) is 9.31. The van der Waals surface area contributed by atoms with E-state index >= 15 is 0 Å². The monoisotopic (exact) mass is 335 g/mol. The molecule has 1 N–H and O–H groups in total. The second-order valence-electron chi connectivity index (χ2n) is 6.65. The number of guanidine groups is 1. The molecule has 2 rings (SSSR count). The van der Waals surface area contributed by atoms with Crippen LogP contribution in [0.4, 0.5) is 0 Å². The number of likely N-dealkylation sites (tertiary alicyclic amines) is 1. The van der Waals surface area contributed by atoms with E-state index in [2.05, 4.69) is 54.9 Å². The molecule has 0 radical (unpaired) electrons. The fourth-order valence-electron chi connectivity index (χ4n) is 3.23. The van der Waals surface area contributed by atoms with E-state index in [0.717, 1.165) is 50.1 Å². The number of likely N-dealkylation sites (N-methyl/N-ethyl adjacent to an activating group) is 1. The van der Waals surface area contributed by atoms with Gasteiger partial charge in [-0.2, -0.15) is 0 Å². The summed E-state index contributed by atoms with van der Waals surface area (Å²) in [6.07, 6.45) is 1.20. The highest BCUT2D eigenvalue weighted by Crippen LogP contribution is 2.17. The molecular formula is C18H33N5O. The molecule has 0 bridgehead atoms. The van der Waals surface area contributed by atoms with Crippen molar-refractivity contribution in [2.75, 3.05) is 32.7 Å². The van der Waals surface area contributed by atoms with Gasteiger partial charge in [0.15, 0.2) is 11.7 Å². The molecular weight excluding hydrogens is 302 g/mol. The first-order chi connectivity index (χ1) is 11.6. The quantitative estimate of drug-likeness (QED) is 0.613. The van der Waals surface area contributed by atoms with Gasteiger partial charge >= 0.3 is 0 Å². The average Bonchev–Trinajstić information content (AvgIpc) is 3.22. The van der Waals surface area contributed by atoms with E-state index in [-0.39, 0.29) is 0 Å². The molecule has 1 aromatic rings. The molecule has 0 aromatic carbocycles. The third-order valence-electron chi connectivity index (χ3n) is 4.68. The molecule has 1 unspecified atom stereocenters. The summed E-state index contributed by atoms with van der Waals surface area (Å²) in [5.74, 6) is 2.19. The van der Waals surface area contributed by atoms with Gasteiger partial charge in [-0.25, -0.2) is 4.99 Å². The standard InChI is InChI=1S/C18H33N5O/c1-6-19-18(20-12-16-11-17(14(4)5)21-24-16)23-10-9-15(13-23)22(7-2)8-3/h11,14-15H,6-10,12-13H2,1-5H3,(H,19,20). The van der Waals surface area contributed by atoms with Crippen molar-refractivity contribution in [1.29, 1.82) is 0 Å². The SMILES string of the molecule is CCNC(=NCc1cc(C(C)C)no1)N1CCC(N(CC)CC)C1. The van der Waals surface area contributed by atoms with Crippen LogP contribution in [-0.4, -0.2) is 59.7 Å². The van der Waals surface area contributed by atoms with Crippen LogP contribution in [0.1, 0.15) is 58.4 Å². The molecule has 136 valence electrons. The topological polar surface area (TPSA) is 56.9 Å². The van der Waals surface area contributed by atoms with Gasteiger partial charge in [0.2, 0.25) is 0 Å². The van der Waals surface area contributed by atoms with Gasteiger partial charge in [0.25, 0.3) is 0 Å². The minimum atomic E-state index is 0.383. The van der Waals surface area contributed by atoms with Crippen LogP contribution < -0.4 is 5.32 Å². The summed E-state index contributed by atoms with van der Waals surface area (Å²) in [7, 11) is 0. The normalized spacial score (nSPS) is 18.9. The second kappa shape index (κ2) is 9.06. The van der Waals surface area contributed by atoms with E-state index in [0.29, 0.717) is 18.5 Å². The predicted molar refractivity (Wildman–Crippen MR) is 98.3 cm³/mol. The Labute approximate surface area is 146 Å². The van der Waals surface area contributed by atoms with Crippen molar-refractivity contribution in [1.82, 2.24) is 20.3 Å². The minimum Gasteiger partial charge on any atom is -0.359 e. The van der Waals surface area contributed by atoms with Crippen LogP contribution in [-0.2, 0) is 6.54 Å². The molecule has 0 spiro atoms. The smallest absolute Gasteiger partial charge is 0.194 e. The highest BCUT2D eigenvalue weighted by Gasteiger charge is 2.28. The van der Waals surface area contributed by atoms with E-state index in [1.54, 1.807) is 0 Å². The van der Waals surface area contributed by atoms with Gasteiger partial charge in [0, 0.05) is 31.7 Å². The lowest BCUT2D eigenvalue weighted by molar-refractivity contribution is 0.223. The molecule has 6 nitrogen and oxygen atoms in total. The molecule has 0 amide bonds. The number of rotatable bonds is 7. The zero-order valence-electron chi connectivity index (χ0n) is 15.9. The fourth-order valence-corrected chi connectivity index (χ4v) is 3.23. The largest absolute Gasteiger partial charge is 0.359 e. The molecule has 2 heterocycles. The maximum absolute atomic E-state index is 5.40. The number of hydrogen-bond donors (Lipinski definition) is 1. The van der Waals surface area contributed by atoms with E-state index in [1.165, 1.54) is 6.42 Å². The number of aromatic nitrogens is 1. The van der Waals surface area contributed by atoms with E-state index < -0.39 is 0 Å². The number of nitrogens with one attached hydrogen (secondary N) is 1. The van der Waals surface area contributed by atoms with Gasteiger partial charge in [-0.3, -0.25) is 4.90 Å². The summed E-state index contributed by atoms with van der Waals surface area (Å²) in [4.78, 5) is 9.67. The summed E-state index contributed by atoms with van der Waals surface area (Å²) in [5, 5.41) is 7.52. The Morgan fingerprint density at radius 2 is 2.17 bits per heavy atom. The first-order valence-corrected chi connectivity index (χ1v) is 9.31. The molecule has 0 saturated carbocycles. The highest BCUT2D eigenvalue weighted by molar-refractivity contribution is 5.80. The Morgan fingerprint density at radius 3 is 2.75 bits per heavy atom. The summed E-state index contributed by atoms with van der Waals surface area (Å²) in [6.45, 7) is 16.5. The summed E-state index contributed by atoms with van der Waals surface area (Å²) >= 11 is 0. The van der Waals surface area contributed by atoms with Crippen molar-refractivity contribution in [2.24, 2.45) is 4.99 Å². The molecule has 1 aliphatic rings. The van der Waals surface area contributed by atoms with Crippen LogP contribution in [0.15, 0.2) is 15.6 Å². The summed E-state index contributed by atoms with van der Waals surface area (Å²) in [5.41, 5.74) is 0.993. The van der Waals surface area contributed by atoms with Crippen molar-refractivity contribution < 1.29 is 4.52 Å². The number of aliphatic imine (C=N–C) groups is 1. The predicted octanol–water partition coefficient (Wildman–Crippen LogP) is 2.68. The molecule has 1 aromatic heterocycles. The Bertz CT molecular complexity index is 521. The Balaban J connectivity index is 2.00. The minimum absolute atomic E-state index is 0.383. The lowest BCUT2D eigenvalue weighted by atomic mass is 10.1. The highest BCUT2D eigenvalue weighted by atomic mass is 16.5. The number of hydrogen-bond acceptors (Lipinski definition) is 4. The molecule has 24 heavy (non-hydrogen) atoms. The van der Waals surface area contributed by atoms with Gasteiger partial charge in [-0.1, -0.05) is 32.9 Å². The van der Waals surface area contributed by atoms with E-state index in [4.69, 9.17) is 9.52 Å². The average molecular weight is 335 g/mol. The van der Waals surface area contributed by atoms with Crippen molar-refractivity contribution >= 4 is 5.96 Å². The summed E-state index contributed by atoms with van der Waals surface area (Å²) in [6, 6.07) is 2.64. The molecule has 1 atom stereocenters. The van der Waals surface area contributed by atoms with E-state index in [9.17, 15) is 0 Å². The molecule has 1 fully saturated rings. The van der Waals surface area contributed by atoms with Crippen molar-refractivity contribution in [3.8, 4) is 0 Å². The Morgan fingerprint density at radius 1 is 1.42 bits per heavy atom. The number of nitrogens with zero attached hydrogens (tertiary/aromatic N) is 4. The third kappa shape index (κ3) is 4.72. The molecule has 1 saturated heterocycles. The van der Waals surface area contributed by atoms with Crippen LogP contribution >= 0.6 is 0 Å². The maximum atomic E-state index is 5.40. The second-order valence-corrected chi connectivity index (χ2v) is 6.65.